The third-order valence-electron chi connectivity index (χ3n) is 5.80. The molecule has 2 aliphatic rings. The number of nitro benzene ring substituents is 1. The number of nitrogens with zero attached hydrogens (tertiary/aromatic N) is 3. The summed E-state index contributed by atoms with van der Waals surface area (Å²) in [5.41, 5.74) is 3.30. The summed E-state index contributed by atoms with van der Waals surface area (Å²) in [7, 11) is 0. The maximum atomic E-state index is 11.3. The van der Waals surface area contributed by atoms with Crippen molar-refractivity contribution in [1.82, 2.24) is 4.90 Å². The van der Waals surface area contributed by atoms with E-state index < -0.39 is 0 Å². The Morgan fingerprint density at radius 2 is 1.87 bits per heavy atom. The summed E-state index contributed by atoms with van der Waals surface area (Å²) >= 11 is 0. The van der Waals surface area contributed by atoms with Crippen LogP contribution in [-0.2, 0) is 22.6 Å². The molecule has 4 rings (SSSR count). The van der Waals surface area contributed by atoms with E-state index in [1.165, 1.54) is 5.56 Å². The van der Waals surface area contributed by atoms with Gasteiger partial charge in [-0.05, 0) is 30.9 Å². The van der Waals surface area contributed by atoms with E-state index in [0.29, 0.717) is 6.61 Å². The molecule has 2 fully saturated rings. The van der Waals surface area contributed by atoms with E-state index in [1.54, 1.807) is 12.1 Å². The summed E-state index contributed by atoms with van der Waals surface area (Å²) < 4.78 is 11.6. The molecule has 0 aliphatic carbocycles. The Labute approximate surface area is 177 Å². The summed E-state index contributed by atoms with van der Waals surface area (Å²) in [5.74, 6) is 0. The number of non-ortho nitro benzene ring substituents is 1. The highest BCUT2D eigenvalue weighted by Crippen LogP contribution is 2.28. The number of hydrogen-bond donors (Lipinski definition) is 0. The van der Waals surface area contributed by atoms with E-state index >= 15 is 0 Å². The number of anilines is 1. The van der Waals surface area contributed by atoms with E-state index in [1.807, 2.05) is 12.1 Å². The Kier molecular flexibility index (Phi) is 6.94. The van der Waals surface area contributed by atoms with Crippen molar-refractivity contribution in [3.63, 3.8) is 0 Å². The van der Waals surface area contributed by atoms with E-state index in [-0.39, 0.29) is 16.9 Å². The molecule has 0 radical (unpaired) electrons. The van der Waals surface area contributed by atoms with Crippen molar-refractivity contribution in [2.45, 2.75) is 38.7 Å². The lowest BCUT2D eigenvalue weighted by Crippen LogP contribution is -2.46. The second-order valence-corrected chi connectivity index (χ2v) is 7.93. The summed E-state index contributed by atoms with van der Waals surface area (Å²) in [4.78, 5) is 15.7. The average Bonchev–Trinajstić information content (AvgIpc) is 2.79. The zero-order valence-electron chi connectivity index (χ0n) is 17.2. The van der Waals surface area contributed by atoms with Crippen molar-refractivity contribution in [3.05, 3.63) is 69.8 Å². The van der Waals surface area contributed by atoms with Gasteiger partial charge in [0, 0.05) is 62.7 Å². The molecule has 0 amide bonds. The molecule has 1 atom stereocenters. The van der Waals surface area contributed by atoms with Gasteiger partial charge in [0.2, 0.25) is 0 Å². The van der Waals surface area contributed by atoms with E-state index in [0.717, 1.165) is 69.8 Å². The number of piperazine rings is 1. The Balaban J connectivity index is 1.41. The van der Waals surface area contributed by atoms with Crippen LogP contribution in [0.2, 0.25) is 0 Å². The molecule has 2 heterocycles. The van der Waals surface area contributed by atoms with Gasteiger partial charge >= 0.3 is 0 Å². The highest BCUT2D eigenvalue weighted by atomic mass is 16.7. The molecule has 2 aromatic carbocycles. The van der Waals surface area contributed by atoms with Gasteiger partial charge in [-0.2, -0.15) is 0 Å². The summed E-state index contributed by atoms with van der Waals surface area (Å²) in [6.07, 6.45) is 2.82. The van der Waals surface area contributed by atoms with Crippen molar-refractivity contribution >= 4 is 11.4 Å². The van der Waals surface area contributed by atoms with Gasteiger partial charge in [-0.3, -0.25) is 15.0 Å². The van der Waals surface area contributed by atoms with Crippen molar-refractivity contribution in [1.29, 1.82) is 0 Å². The second kappa shape index (κ2) is 10.0. The first-order valence-corrected chi connectivity index (χ1v) is 10.7. The third kappa shape index (κ3) is 5.36. The maximum absolute atomic E-state index is 11.3. The number of benzene rings is 2. The quantitative estimate of drug-likeness (QED) is 0.507. The zero-order chi connectivity index (χ0) is 20.8. The van der Waals surface area contributed by atoms with Gasteiger partial charge < -0.3 is 14.4 Å². The molecular weight excluding hydrogens is 382 g/mol. The zero-order valence-corrected chi connectivity index (χ0v) is 17.2. The van der Waals surface area contributed by atoms with Gasteiger partial charge in [0.25, 0.3) is 5.69 Å². The Bertz CT molecular complexity index is 832. The molecule has 0 unspecified atom stereocenters. The smallest absolute Gasteiger partial charge is 0.269 e. The van der Waals surface area contributed by atoms with Gasteiger partial charge in [-0.25, -0.2) is 0 Å². The normalized spacial score (nSPS) is 20.3. The van der Waals surface area contributed by atoms with Gasteiger partial charge in [-0.15, -0.1) is 0 Å². The SMILES string of the molecule is O=[N+]([O-])c1ccc(N2CCN(Cc3ccccc3)CC2)c(CO[C@@H]2CCCCO2)c1. The second-order valence-electron chi connectivity index (χ2n) is 7.93. The number of ether oxygens (including phenoxy) is 2. The van der Waals surface area contributed by atoms with Crippen LogP contribution in [0.15, 0.2) is 48.5 Å². The lowest BCUT2D eigenvalue weighted by atomic mass is 10.1. The molecule has 2 aliphatic heterocycles. The fourth-order valence-corrected chi connectivity index (χ4v) is 4.12. The summed E-state index contributed by atoms with van der Waals surface area (Å²) in [5, 5.41) is 11.3. The van der Waals surface area contributed by atoms with Gasteiger partial charge in [0.05, 0.1) is 11.5 Å². The van der Waals surface area contributed by atoms with Crippen molar-refractivity contribution in [2.75, 3.05) is 37.7 Å². The van der Waals surface area contributed by atoms with Crippen molar-refractivity contribution in [2.24, 2.45) is 0 Å². The molecule has 0 spiro atoms. The molecule has 0 aromatic heterocycles. The molecule has 7 heteroatoms. The Morgan fingerprint density at radius 1 is 1.07 bits per heavy atom. The minimum atomic E-state index is -0.345. The highest BCUT2D eigenvalue weighted by molar-refractivity contribution is 5.58. The molecular formula is C23H29N3O4. The van der Waals surface area contributed by atoms with Crippen molar-refractivity contribution in [3.8, 4) is 0 Å². The molecule has 0 bridgehead atoms. The fraction of sp³-hybridized carbons (Fsp3) is 0.478. The van der Waals surface area contributed by atoms with Crippen LogP contribution >= 0.6 is 0 Å². The Morgan fingerprint density at radius 3 is 2.57 bits per heavy atom. The molecule has 2 aromatic rings. The predicted octanol–water partition coefficient (Wildman–Crippen LogP) is 3.96. The molecule has 2 saturated heterocycles. The average molecular weight is 412 g/mol. The topological polar surface area (TPSA) is 68.1 Å². The minimum Gasteiger partial charge on any atom is -0.369 e. The summed E-state index contributed by atoms with van der Waals surface area (Å²) in [6, 6.07) is 15.6. The summed E-state index contributed by atoms with van der Waals surface area (Å²) in [6.45, 7) is 5.68. The monoisotopic (exact) mass is 411 g/mol. The lowest BCUT2D eigenvalue weighted by molar-refractivity contribution is -0.385. The van der Waals surface area contributed by atoms with Crippen LogP contribution in [0.1, 0.15) is 30.4 Å². The van der Waals surface area contributed by atoms with Gasteiger partial charge in [0.15, 0.2) is 6.29 Å². The number of rotatable bonds is 7. The van der Waals surface area contributed by atoms with E-state index in [4.69, 9.17) is 9.47 Å². The largest absolute Gasteiger partial charge is 0.369 e. The molecule has 30 heavy (non-hydrogen) atoms. The molecule has 160 valence electrons. The van der Waals surface area contributed by atoms with Crippen LogP contribution in [0.25, 0.3) is 0 Å². The first-order valence-electron chi connectivity index (χ1n) is 10.7. The minimum absolute atomic E-state index is 0.102. The fourth-order valence-electron chi connectivity index (χ4n) is 4.12. The van der Waals surface area contributed by atoms with E-state index in [9.17, 15) is 10.1 Å². The third-order valence-corrected chi connectivity index (χ3v) is 5.80. The van der Waals surface area contributed by atoms with Crippen LogP contribution in [0.4, 0.5) is 11.4 Å². The highest BCUT2D eigenvalue weighted by Gasteiger charge is 2.22. The predicted molar refractivity (Wildman–Crippen MR) is 115 cm³/mol. The lowest BCUT2D eigenvalue weighted by Gasteiger charge is -2.37. The first-order chi connectivity index (χ1) is 14.7. The van der Waals surface area contributed by atoms with Gasteiger partial charge in [0.1, 0.15) is 0 Å². The molecule has 7 nitrogen and oxygen atoms in total. The van der Waals surface area contributed by atoms with E-state index in [2.05, 4.69) is 34.1 Å². The van der Waals surface area contributed by atoms with Crippen LogP contribution in [0.5, 0.6) is 0 Å². The van der Waals surface area contributed by atoms with Gasteiger partial charge in [-0.1, -0.05) is 30.3 Å². The first kappa shape index (κ1) is 20.8. The van der Waals surface area contributed by atoms with Crippen LogP contribution < -0.4 is 4.90 Å². The van der Waals surface area contributed by atoms with Crippen LogP contribution in [-0.4, -0.2) is 48.9 Å². The standard InChI is InChI=1S/C23H29N3O4/c27-26(28)21-9-10-22(20(16-21)18-30-23-8-4-5-15-29-23)25-13-11-24(12-14-25)17-19-6-2-1-3-7-19/h1-3,6-7,9-10,16,23H,4-5,8,11-15,17-18H2/t23-/m1/s1. The van der Waals surface area contributed by atoms with Crippen LogP contribution in [0.3, 0.4) is 0 Å². The Hall–Kier alpha value is -2.48. The maximum Gasteiger partial charge on any atom is 0.269 e. The number of nitro groups is 1. The molecule has 0 saturated carbocycles. The van der Waals surface area contributed by atoms with Crippen molar-refractivity contribution < 1.29 is 14.4 Å². The number of hydrogen-bond acceptors (Lipinski definition) is 6. The van der Waals surface area contributed by atoms with Crippen LogP contribution in [0, 0.1) is 10.1 Å². The molecule has 0 N–H and O–H groups in total.